The zero-order valence-electron chi connectivity index (χ0n) is 21.5. The molecule has 0 radical (unpaired) electrons. The molecule has 4 nitrogen and oxygen atoms in total. The van der Waals surface area contributed by atoms with Crippen LogP contribution in [-0.2, 0) is 0 Å². The molecule has 0 saturated heterocycles. The Morgan fingerprint density at radius 3 is 2.15 bits per heavy atom. The molecular weight excluding hydrogens is 488 g/mol. The van der Waals surface area contributed by atoms with Crippen molar-refractivity contribution in [2.45, 2.75) is 0 Å². The van der Waals surface area contributed by atoms with Crippen molar-refractivity contribution in [3.63, 3.8) is 0 Å². The lowest BCUT2D eigenvalue weighted by Gasteiger charge is -2.12. The molecule has 5 aromatic heterocycles. The summed E-state index contributed by atoms with van der Waals surface area (Å²) >= 11 is 0. The second kappa shape index (κ2) is 8.01. The summed E-state index contributed by atoms with van der Waals surface area (Å²) < 4.78 is 4.73. The SMILES string of the molecule is c1cncc(-c2cccc(-n3c4ccccc4c4c5c(ccc43)c3ccccc3n3c4ccccc4cc53)n2)c1. The minimum Gasteiger partial charge on any atom is -0.309 e. The molecule has 0 spiro atoms. The van der Waals surface area contributed by atoms with Gasteiger partial charge in [-0.25, -0.2) is 4.98 Å². The van der Waals surface area contributed by atoms with E-state index in [0.29, 0.717) is 0 Å². The summed E-state index contributed by atoms with van der Waals surface area (Å²) in [7, 11) is 0. The van der Waals surface area contributed by atoms with Gasteiger partial charge >= 0.3 is 0 Å². The third kappa shape index (κ3) is 2.85. The Labute approximate surface area is 229 Å². The highest BCUT2D eigenvalue weighted by Crippen LogP contribution is 2.42. The van der Waals surface area contributed by atoms with Crippen LogP contribution >= 0.6 is 0 Å². The van der Waals surface area contributed by atoms with Gasteiger partial charge in [0.05, 0.1) is 33.3 Å². The van der Waals surface area contributed by atoms with Gasteiger partial charge in [-0.3, -0.25) is 9.55 Å². The number of hydrogen-bond donors (Lipinski definition) is 0. The van der Waals surface area contributed by atoms with Crippen molar-refractivity contribution in [1.29, 1.82) is 0 Å². The fourth-order valence-electron chi connectivity index (χ4n) is 6.52. The maximum Gasteiger partial charge on any atom is 0.138 e. The lowest BCUT2D eigenvalue weighted by atomic mass is 10.00. The highest BCUT2D eigenvalue weighted by atomic mass is 15.1. The molecule has 0 atom stereocenters. The molecule has 9 rings (SSSR count). The van der Waals surface area contributed by atoms with Crippen LogP contribution in [0.15, 0.2) is 134 Å². The molecule has 0 aliphatic carbocycles. The number of nitrogens with zero attached hydrogens (tertiary/aromatic N) is 4. The first kappa shape index (κ1) is 21.5. The monoisotopic (exact) mass is 510 g/mol. The van der Waals surface area contributed by atoms with Crippen LogP contribution in [0.2, 0.25) is 0 Å². The van der Waals surface area contributed by atoms with E-state index in [4.69, 9.17) is 4.98 Å². The van der Waals surface area contributed by atoms with E-state index in [0.717, 1.165) is 28.1 Å². The van der Waals surface area contributed by atoms with Crippen LogP contribution in [0.3, 0.4) is 0 Å². The normalized spacial score (nSPS) is 12.0. The molecular formula is C36H22N4. The Morgan fingerprint density at radius 1 is 0.500 bits per heavy atom. The molecule has 186 valence electrons. The van der Waals surface area contributed by atoms with E-state index in [1.165, 1.54) is 48.9 Å². The summed E-state index contributed by atoms with van der Waals surface area (Å²) in [5, 5.41) is 7.50. The van der Waals surface area contributed by atoms with Crippen LogP contribution in [0.25, 0.3) is 77.0 Å². The van der Waals surface area contributed by atoms with E-state index >= 15 is 0 Å². The second-order valence-electron chi connectivity index (χ2n) is 10.3. The number of rotatable bonds is 2. The topological polar surface area (TPSA) is 35.1 Å². The highest BCUT2D eigenvalue weighted by molar-refractivity contribution is 6.30. The number of fused-ring (bicyclic) bond motifs is 12. The van der Waals surface area contributed by atoms with Crippen LogP contribution in [0.4, 0.5) is 0 Å². The average molecular weight is 511 g/mol. The Morgan fingerprint density at radius 2 is 1.27 bits per heavy atom. The van der Waals surface area contributed by atoms with Gasteiger partial charge in [0.25, 0.3) is 0 Å². The number of pyridine rings is 3. The molecule has 0 saturated carbocycles. The highest BCUT2D eigenvalue weighted by Gasteiger charge is 2.20. The first-order valence-electron chi connectivity index (χ1n) is 13.5. The predicted octanol–water partition coefficient (Wildman–Crippen LogP) is 8.95. The zero-order chi connectivity index (χ0) is 26.2. The zero-order valence-corrected chi connectivity index (χ0v) is 21.5. The molecule has 0 unspecified atom stereocenters. The Hall–Kier alpha value is -5.48. The summed E-state index contributed by atoms with van der Waals surface area (Å²) in [5.41, 5.74) is 7.87. The van der Waals surface area contributed by atoms with Gasteiger partial charge in [0.2, 0.25) is 0 Å². The predicted molar refractivity (Wildman–Crippen MR) is 165 cm³/mol. The summed E-state index contributed by atoms with van der Waals surface area (Å²) in [4.78, 5) is 9.44. The van der Waals surface area contributed by atoms with Crippen LogP contribution < -0.4 is 0 Å². The molecule has 40 heavy (non-hydrogen) atoms. The van der Waals surface area contributed by atoms with Crippen LogP contribution in [0.1, 0.15) is 0 Å². The van der Waals surface area contributed by atoms with Crippen molar-refractivity contribution in [2.24, 2.45) is 0 Å². The van der Waals surface area contributed by atoms with Gasteiger partial charge in [0.1, 0.15) is 5.82 Å². The first-order valence-corrected chi connectivity index (χ1v) is 13.5. The molecule has 9 aromatic rings. The van der Waals surface area contributed by atoms with Crippen molar-refractivity contribution in [3.8, 4) is 17.1 Å². The van der Waals surface area contributed by atoms with Crippen LogP contribution in [-0.4, -0.2) is 18.9 Å². The number of hydrogen-bond acceptors (Lipinski definition) is 2. The fourth-order valence-corrected chi connectivity index (χ4v) is 6.52. The number of aromatic nitrogens is 4. The smallest absolute Gasteiger partial charge is 0.138 e. The van der Waals surface area contributed by atoms with Crippen LogP contribution in [0, 0.1) is 0 Å². The Balaban J connectivity index is 1.49. The van der Waals surface area contributed by atoms with Gasteiger partial charge in [-0.15, -0.1) is 0 Å². The third-order valence-electron chi connectivity index (χ3n) is 8.16. The third-order valence-corrected chi connectivity index (χ3v) is 8.16. The molecule has 4 heteroatoms. The molecule has 0 N–H and O–H groups in total. The quantitative estimate of drug-likeness (QED) is 0.218. The maximum absolute atomic E-state index is 5.13. The van der Waals surface area contributed by atoms with E-state index < -0.39 is 0 Å². The number of benzene rings is 4. The summed E-state index contributed by atoms with van der Waals surface area (Å²) in [6.07, 6.45) is 3.66. The molecule has 4 aromatic carbocycles. The Bertz CT molecular complexity index is 2430. The molecule has 5 heterocycles. The van der Waals surface area contributed by atoms with Gasteiger partial charge < -0.3 is 4.40 Å². The van der Waals surface area contributed by atoms with Gasteiger partial charge in [0.15, 0.2) is 0 Å². The first-order chi connectivity index (χ1) is 19.9. The summed E-state index contributed by atoms with van der Waals surface area (Å²) in [5.74, 6) is 0.893. The summed E-state index contributed by atoms with van der Waals surface area (Å²) in [6, 6.07) is 43.2. The lowest BCUT2D eigenvalue weighted by molar-refractivity contribution is 1.08. The van der Waals surface area contributed by atoms with Gasteiger partial charge in [0, 0.05) is 44.9 Å². The van der Waals surface area contributed by atoms with E-state index in [9.17, 15) is 0 Å². The molecule has 0 aliphatic rings. The van der Waals surface area contributed by atoms with Crippen LogP contribution in [0.5, 0.6) is 0 Å². The van der Waals surface area contributed by atoms with Gasteiger partial charge in [-0.05, 0) is 60.0 Å². The van der Waals surface area contributed by atoms with E-state index in [1.807, 2.05) is 18.3 Å². The molecule has 0 amide bonds. The summed E-state index contributed by atoms with van der Waals surface area (Å²) in [6.45, 7) is 0. The van der Waals surface area contributed by atoms with Crippen molar-refractivity contribution in [1.82, 2.24) is 18.9 Å². The van der Waals surface area contributed by atoms with Crippen molar-refractivity contribution < 1.29 is 0 Å². The second-order valence-corrected chi connectivity index (χ2v) is 10.3. The van der Waals surface area contributed by atoms with Gasteiger partial charge in [-0.2, -0.15) is 0 Å². The van der Waals surface area contributed by atoms with Crippen molar-refractivity contribution >= 4 is 59.9 Å². The van der Waals surface area contributed by atoms with Gasteiger partial charge in [-0.1, -0.05) is 66.7 Å². The average Bonchev–Trinajstić information content (AvgIpc) is 3.58. The Kier molecular flexibility index (Phi) is 4.30. The standard InChI is InChI=1S/C36H22N4/c1-4-14-29-23(9-1)21-33-35-26(25-11-2-5-15-30(25)39(29)33)18-19-32-36(35)27-12-3-6-16-31(27)40(32)34-17-7-13-28(38-34)24-10-8-20-37-22-24/h1-22H. The molecule has 0 fully saturated rings. The van der Waals surface area contributed by atoms with Crippen molar-refractivity contribution in [2.75, 3.05) is 0 Å². The minimum absolute atomic E-state index is 0.893. The molecule has 0 aliphatic heterocycles. The minimum atomic E-state index is 0.893. The maximum atomic E-state index is 5.13. The van der Waals surface area contributed by atoms with Crippen molar-refractivity contribution in [3.05, 3.63) is 134 Å². The number of para-hydroxylation sites is 3. The van der Waals surface area contributed by atoms with E-state index in [1.54, 1.807) is 6.20 Å². The lowest BCUT2D eigenvalue weighted by Crippen LogP contribution is -1.98. The molecule has 0 bridgehead atoms. The largest absolute Gasteiger partial charge is 0.309 e. The van der Waals surface area contributed by atoms with E-state index in [-0.39, 0.29) is 0 Å². The van der Waals surface area contributed by atoms with E-state index in [2.05, 4.69) is 123 Å². The fraction of sp³-hybridized carbons (Fsp3) is 0.